The molecule has 1 aliphatic heterocycles. The summed E-state index contributed by atoms with van der Waals surface area (Å²) in [7, 11) is 6.84. The number of aromatic nitrogens is 2. The average Bonchev–Trinajstić information content (AvgIpc) is 3.80. The minimum Gasteiger partial charge on any atom is -0.419 e. The molecule has 0 radical (unpaired) electrons. The van der Waals surface area contributed by atoms with Crippen LogP contribution in [-0.2, 0) is 23.1 Å². The number of hydrogen-bond acceptors (Lipinski definition) is 8. The number of likely N-dealkylation sites (tertiary alicyclic amines) is 1. The van der Waals surface area contributed by atoms with Gasteiger partial charge in [0.15, 0.2) is 0 Å². The zero-order valence-corrected chi connectivity index (χ0v) is 29.6. The molecule has 3 aromatic carbocycles. The summed E-state index contributed by atoms with van der Waals surface area (Å²) < 4.78 is 20.4. The number of nitriles is 1. The van der Waals surface area contributed by atoms with Crippen molar-refractivity contribution in [2.24, 2.45) is 0 Å². The summed E-state index contributed by atoms with van der Waals surface area (Å²) >= 11 is 0. The Morgan fingerprint density at radius 3 is 2.10 bits per heavy atom. The van der Waals surface area contributed by atoms with Crippen LogP contribution in [0.1, 0.15) is 75.0 Å². The van der Waals surface area contributed by atoms with Gasteiger partial charge in [0.05, 0.1) is 12.6 Å². The Bertz CT molecular complexity index is 1930. The van der Waals surface area contributed by atoms with Gasteiger partial charge < -0.3 is 24.4 Å². The molecule has 2 aliphatic rings. The van der Waals surface area contributed by atoms with Crippen molar-refractivity contribution in [3.05, 3.63) is 106 Å². The predicted molar refractivity (Wildman–Crippen MR) is 188 cm³/mol. The maximum Gasteiger partial charge on any atom is 0.253 e. The van der Waals surface area contributed by atoms with Crippen molar-refractivity contribution in [1.29, 1.82) is 5.26 Å². The van der Waals surface area contributed by atoms with Crippen molar-refractivity contribution in [1.82, 2.24) is 30.2 Å². The molecule has 0 saturated carbocycles. The van der Waals surface area contributed by atoms with E-state index in [0.29, 0.717) is 48.9 Å². The highest BCUT2D eigenvalue weighted by Crippen LogP contribution is 2.48. The van der Waals surface area contributed by atoms with Crippen LogP contribution in [-0.4, -0.2) is 96.0 Å². The molecule has 2 atom stereocenters. The molecule has 1 aromatic heterocycles. The van der Waals surface area contributed by atoms with Gasteiger partial charge >= 0.3 is 0 Å². The highest BCUT2D eigenvalue weighted by Gasteiger charge is 2.47. The Morgan fingerprint density at radius 1 is 0.961 bits per heavy atom. The van der Waals surface area contributed by atoms with Gasteiger partial charge in [-0.3, -0.25) is 14.4 Å². The summed E-state index contributed by atoms with van der Waals surface area (Å²) in [5.74, 6) is -0.302. The van der Waals surface area contributed by atoms with Crippen LogP contribution in [0.3, 0.4) is 0 Å². The number of carbonyl (C=O) groups is 3. The highest BCUT2D eigenvalue weighted by atomic mass is 19.1. The minimum atomic E-state index is -1.09. The number of halogens is 1. The summed E-state index contributed by atoms with van der Waals surface area (Å²) in [6, 6.07) is 18.7. The van der Waals surface area contributed by atoms with Crippen LogP contribution in [0, 0.1) is 17.1 Å². The maximum absolute atomic E-state index is 13.9. The molecule has 6 rings (SSSR count). The van der Waals surface area contributed by atoms with E-state index < -0.39 is 17.3 Å². The first-order valence-electron chi connectivity index (χ1n) is 17.2. The smallest absolute Gasteiger partial charge is 0.253 e. The van der Waals surface area contributed by atoms with Gasteiger partial charge in [0.2, 0.25) is 17.7 Å². The molecule has 0 bridgehead atoms. The molecule has 0 unspecified atom stereocenters. The zero-order chi connectivity index (χ0) is 36.4. The second kappa shape index (κ2) is 14.4. The number of fused-ring (bicyclic) bond motifs is 2. The van der Waals surface area contributed by atoms with Crippen LogP contribution < -0.4 is 5.32 Å². The number of amides is 3. The number of carbonyl (C=O) groups excluding carboxylic acids is 3. The van der Waals surface area contributed by atoms with Gasteiger partial charge in [0, 0.05) is 57.5 Å². The zero-order valence-electron chi connectivity index (χ0n) is 29.6. The fourth-order valence-electron chi connectivity index (χ4n) is 7.37. The third-order valence-electron chi connectivity index (χ3n) is 9.92. The number of aryl methyl sites for hydroxylation is 2. The molecule has 12 heteroatoms. The summed E-state index contributed by atoms with van der Waals surface area (Å²) in [5.41, 5.74) is 4.08. The van der Waals surface area contributed by atoms with Crippen LogP contribution in [0.4, 0.5) is 4.39 Å². The molecular weight excluding hydrogens is 649 g/mol. The fourth-order valence-corrected chi connectivity index (χ4v) is 7.37. The van der Waals surface area contributed by atoms with Gasteiger partial charge in [-0.05, 0) is 110 Å². The molecule has 1 saturated heterocycles. The molecule has 0 spiro atoms. The molecule has 1 aliphatic carbocycles. The van der Waals surface area contributed by atoms with Gasteiger partial charge in [-0.25, -0.2) is 4.39 Å². The number of benzene rings is 3. The molecule has 2 heterocycles. The first kappa shape index (κ1) is 35.4. The minimum absolute atomic E-state index is 0.0341. The Hall–Kier alpha value is -5.41. The SMILES string of the molecule is C[C@@H](CC1(c2nnc(-c3ccc(F)cc3)o2)c2ccc(C(=O)N(C)C)cc2CCc2cc(C(=O)N(C)C)ccc21)NCC(=O)N1CCC[C@H]1C#N. The van der Waals surface area contributed by atoms with Crippen molar-refractivity contribution >= 4 is 17.7 Å². The van der Waals surface area contributed by atoms with Crippen LogP contribution in [0.2, 0.25) is 0 Å². The van der Waals surface area contributed by atoms with E-state index in [2.05, 4.69) is 21.6 Å². The van der Waals surface area contributed by atoms with Crippen molar-refractivity contribution in [2.75, 3.05) is 41.3 Å². The van der Waals surface area contributed by atoms with Crippen LogP contribution >= 0.6 is 0 Å². The first-order valence-corrected chi connectivity index (χ1v) is 17.2. The lowest BCUT2D eigenvalue weighted by Gasteiger charge is -2.36. The highest BCUT2D eigenvalue weighted by molar-refractivity contribution is 5.95. The normalized spacial score (nSPS) is 16.7. The van der Waals surface area contributed by atoms with Crippen molar-refractivity contribution < 1.29 is 23.2 Å². The van der Waals surface area contributed by atoms with Crippen LogP contribution in [0.15, 0.2) is 65.1 Å². The molecule has 264 valence electrons. The Kier molecular flexibility index (Phi) is 10.0. The molecule has 3 amide bonds. The van der Waals surface area contributed by atoms with Gasteiger partial charge in [-0.15, -0.1) is 10.2 Å². The number of nitrogens with one attached hydrogen (secondary N) is 1. The van der Waals surface area contributed by atoms with E-state index in [1.807, 2.05) is 31.2 Å². The predicted octanol–water partition coefficient (Wildman–Crippen LogP) is 4.60. The third-order valence-corrected chi connectivity index (χ3v) is 9.92. The topological polar surface area (TPSA) is 136 Å². The lowest BCUT2D eigenvalue weighted by molar-refractivity contribution is -0.130. The Balaban J connectivity index is 1.51. The quantitative estimate of drug-likeness (QED) is 0.269. The van der Waals surface area contributed by atoms with Crippen LogP contribution in [0.25, 0.3) is 11.5 Å². The van der Waals surface area contributed by atoms with E-state index in [-0.39, 0.29) is 42.1 Å². The number of hydrogen-bond donors (Lipinski definition) is 1. The van der Waals surface area contributed by atoms with Crippen molar-refractivity contribution in [3.63, 3.8) is 0 Å². The largest absolute Gasteiger partial charge is 0.419 e. The molecular formula is C39H42FN7O4. The molecule has 11 nitrogen and oxygen atoms in total. The monoisotopic (exact) mass is 691 g/mol. The van der Waals surface area contributed by atoms with E-state index >= 15 is 0 Å². The van der Waals surface area contributed by atoms with E-state index in [9.17, 15) is 24.0 Å². The Labute approximate surface area is 297 Å². The van der Waals surface area contributed by atoms with E-state index in [0.717, 1.165) is 28.7 Å². The summed E-state index contributed by atoms with van der Waals surface area (Å²) in [4.78, 5) is 44.3. The van der Waals surface area contributed by atoms with E-state index in [1.54, 1.807) is 57.4 Å². The average molecular weight is 692 g/mol. The Morgan fingerprint density at radius 2 is 1.55 bits per heavy atom. The van der Waals surface area contributed by atoms with Gasteiger partial charge in [-0.1, -0.05) is 12.1 Å². The van der Waals surface area contributed by atoms with Crippen LogP contribution in [0.5, 0.6) is 0 Å². The van der Waals surface area contributed by atoms with Gasteiger partial charge in [-0.2, -0.15) is 5.26 Å². The first-order chi connectivity index (χ1) is 24.4. The number of rotatable bonds is 9. The number of nitrogens with zero attached hydrogens (tertiary/aromatic N) is 6. The standard InChI is InChI=1S/C39H42FN7O4/c1-24(42-23-34(48)47-18-6-7-31(47)22-41)21-39(38-44-43-35(51-38)25-10-14-30(40)15-11-25)32-16-12-28(36(49)45(2)3)19-26(32)8-9-27-20-29(13-17-33(27)39)37(50)46(4)5/h10-17,19-20,24,31,42H,6-9,18,21,23H2,1-5H3/t24-,31-/m0/s1. The van der Waals surface area contributed by atoms with E-state index in [4.69, 9.17) is 4.42 Å². The molecule has 1 N–H and O–H groups in total. The van der Waals surface area contributed by atoms with Gasteiger partial charge in [0.25, 0.3) is 11.8 Å². The van der Waals surface area contributed by atoms with Crippen molar-refractivity contribution in [2.45, 2.75) is 56.5 Å². The lowest BCUT2D eigenvalue weighted by atomic mass is 9.68. The summed E-state index contributed by atoms with van der Waals surface area (Å²) in [6.07, 6.45) is 2.96. The molecule has 4 aromatic rings. The van der Waals surface area contributed by atoms with E-state index in [1.165, 1.54) is 21.9 Å². The third kappa shape index (κ3) is 6.86. The van der Waals surface area contributed by atoms with Crippen molar-refractivity contribution in [3.8, 4) is 17.5 Å². The van der Waals surface area contributed by atoms with Gasteiger partial charge in [0.1, 0.15) is 17.3 Å². The lowest BCUT2D eigenvalue weighted by Crippen LogP contribution is -2.45. The fraction of sp³-hybridized carbons (Fsp3) is 0.385. The summed E-state index contributed by atoms with van der Waals surface area (Å²) in [6.45, 7) is 2.57. The second-order valence-corrected chi connectivity index (χ2v) is 13.8. The second-order valence-electron chi connectivity index (χ2n) is 13.8. The summed E-state index contributed by atoms with van der Waals surface area (Å²) in [5, 5.41) is 22.1. The molecule has 1 fully saturated rings. The maximum atomic E-state index is 13.9. The molecule has 51 heavy (non-hydrogen) atoms.